The Morgan fingerprint density at radius 2 is 1.96 bits per heavy atom. The molecule has 2 aromatic rings. The van der Waals surface area contributed by atoms with Crippen molar-refractivity contribution in [1.82, 2.24) is 0 Å². The van der Waals surface area contributed by atoms with E-state index >= 15 is 0 Å². The summed E-state index contributed by atoms with van der Waals surface area (Å²) in [6.45, 7) is 1.37. The molecule has 0 bridgehead atoms. The second kappa shape index (κ2) is 6.43. The van der Waals surface area contributed by atoms with Crippen molar-refractivity contribution >= 4 is 33.0 Å². The van der Waals surface area contributed by atoms with Gasteiger partial charge in [-0.25, -0.2) is 8.42 Å². The van der Waals surface area contributed by atoms with Crippen LogP contribution in [0.2, 0.25) is 5.02 Å². The van der Waals surface area contributed by atoms with Gasteiger partial charge in [-0.1, -0.05) is 17.7 Å². The van der Waals surface area contributed by atoms with Gasteiger partial charge in [0.05, 0.1) is 27.6 Å². The third-order valence-corrected chi connectivity index (χ3v) is 5.00. The van der Waals surface area contributed by atoms with E-state index in [0.717, 1.165) is 0 Å². The SMILES string of the molecule is COc1ccc(Cl)c(NS(=O)(=O)c2cccc([N+](=O)[O-])c2C)c1. The van der Waals surface area contributed by atoms with Crippen LogP contribution in [-0.4, -0.2) is 20.5 Å². The Bertz CT molecular complexity index is 867. The van der Waals surface area contributed by atoms with Crippen LogP contribution < -0.4 is 9.46 Å². The zero-order valence-corrected chi connectivity index (χ0v) is 13.8. The summed E-state index contributed by atoms with van der Waals surface area (Å²) < 4.78 is 32.4. The molecule has 0 aliphatic rings. The van der Waals surface area contributed by atoms with Crippen LogP contribution in [0.5, 0.6) is 5.75 Å². The van der Waals surface area contributed by atoms with Crippen LogP contribution in [0.3, 0.4) is 0 Å². The summed E-state index contributed by atoms with van der Waals surface area (Å²) in [5.74, 6) is 0.419. The average Bonchev–Trinajstić information content (AvgIpc) is 2.49. The quantitative estimate of drug-likeness (QED) is 0.654. The van der Waals surface area contributed by atoms with Crippen molar-refractivity contribution in [1.29, 1.82) is 0 Å². The first-order valence-electron chi connectivity index (χ1n) is 6.36. The topological polar surface area (TPSA) is 98.5 Å². The minimum Gasteiger partial charge on any atom is -0.497 e. The molecule has 0 unspecified atom stereocenters. The number of nitrogens with one attached hydrogen (secondary N) is 1. The number of benzene rings is 2. The highest BCUT2D eigenvalue weighted by Crippen LogP contribution is 2.31. The van der Waals surface area contributed by atoms with E-state index in [1.165, 1.54) is 44.4 Å². The number of hydrogen-bond acceptors (Lipinski definition) is 5. The smallest absolute Gasteiger partial charge is 0.273 e. The molecule has 7 nitrogen and oxygen atoms in total. The van der Waals surface area contributed by atoms with E-state index in [2.05, 4.69) is 4.72 Å². The van der Waals surface area contributed by atoms with Crippen LogP contribution in [0, 0.1) is 17.0 Å². The first-order valence-corrected chi connectivity index (χ1v) is 8.22. The molecule has 0 fully saturated rings. The van der Waals surface area contributed by atoms with Gasteiger partial charge < -0.3 is 4.74 Å². The van der Waals surface area contributed by atoms with Crippen molar-refractivity contribution in [2.45, 2.75) is 11.8 Å². The molecule has 9 heteroatoms. The number of nitrogens with zero attached hydrogens (tertiary/aromatic N) is 1. The highest BCUT2D eigenvalue weighted by molar-refractivity contribution is 7.92. The van der Waals surface area contributed by atoms with Gasteiger partial charge in [-0.2, -0.15) is 0 Å². The Morgan fingerprint density at radius 3 is 2.57 bits per heavy atom. The van der Waals surface area contributed by atoms with Crippen LogP contribution in [-0.2, 0) is 10.0 Å². The molecular formula is C14H13ClN2O5S. The van der Waals surface area contributed by atoms with E-state index in [1.54, 1.807) is 6.07 Å². The minimum atomic E-state index is -4.04. The van der Waals surface area contributed by atoms with Crippen LogP contribution in [0.25, 0.3) is 0 Å². The van der Waals surface area contributed by atoms with Crippen molar-refractivity contribution in [2.75, 3.05) is 11.8 Å². The number of nitro groups is 1. The van der Waals surface area contributed by atoms with E-state index in [9.17, 15) is 18.5 Å². The van der Waals surface area contributed by atoms with Crippen molar-refractivity contribution in [3.05, 3.63) is 57.1 Å². The maximum absolute atomic E-state index is 12.5. The van der Waals surface area contributed by atoms with Crippen LogP contribution in [0.4, 0.5) is 11.4 Å². The molecular weight excluding hydrogens is 344 g/mol. The number of methoxy groups -OCH3 is 1. The zero-order valence-electron chi connectivity index (χ0n) is 12.2. The summed E-state index contributed by atoms with van der Waals surface area (Å²) in [7, 11) is -2.61. The molecule has 0 radical (unpaired) electrons. The lowest BCUT2D eigenvalue weighted by Gasteiger charge is -2.12. The molecule has 1 N–H and O–H groups in total. The Kier molecular flexibility index (Phi) is 4.76. The minimum absolute atomic E-state index is 0.0454. The highest BCUT2D eigenvalue weighted by atomic mass is 35.5. The molecule has 0 aliphatic carbocycles. The number of halogens is 1. The van der Waals surface area contributed by atoms with Gasteiger partial charge in [0.15, 0.2) is 0 Å². The Labute approximate surface area is 138 Å². The predicted octanol–water partition coefficient (Wildman–Crippen LogP) is 3.37. The summed E-state index contributed by atoms with van der Waals surface area (Å²) in [4.78, 5) is 10.1. The molecule has 0 saturated carbocycles. The highest BCUT2D eigenvalue weighted by Gasteiger charge is 2.23. The van der Waals surface area contributed by atoms with Gasteiger partial charge in [0.2, 0.25) is 0 Å². The number of nitro benzene ring substituents is 1. The van der Waals surface area contributed by atoms with Gasteiger partial charge in [-0.05, 0) is 25.1 Å². The van der Waals surface area contributed by atoms with Crippen LogP contribution in [0.1, 0.15) is 5.56 Å². The number of ether oxygens (including phenoxy) is 1. The van der Waals surface area contributed by atoms with E-state index in [0.29, 0.717) is 5.75 Å². The zero-order chi connectivity index (χ0) is 17.2. The lowest BCUT2D eigenvalue weighted by atomic mass is 10.2. The Balaban J connectivity index is 2.48. The molecule has 0 aliphatic heterocycles. The molecule has 23 heavy (non-hydrogen) atoms. The lowest BCUT2D eigenvalue weighted by molar-refractivity contribution is -0.385. The van der Waals surface area contributed by atoms with Gasteiger partial charge in [-0.3, -0.25) is 14.8 Å². The number of hydrogen-bond donors (Lipinski definition) is 1. The van der Waals surface area contributed by atoms with E-state index in [-0.39, 0.29) is 26.9 Å². The lowest BCUT2D eigenvalue weighted by Crippen LogP contribution is -2.15. The number of sulfonamides is 1. The average molecular weight is 357 g/mol. The third kappa shape index (κ3) is 3.54. The molecule has 0 spiro atoms. The fourth-order valence-electron chi connectivity index (χ4n) is 2.00. The van der Waals surface area contributed by atoms with E-state index in [4.69, 9.17) is 16.3 Å². The summed E-state index contributed by atoms with van der Waals surface area (Å²) in [5.41, 5.74) is -0.106. The Morgan fingerprint density at radius 1 is 1.26 bits per heavy atom. The van der Waals surface area contributed by atoms with Gasteiger partial charge >= 0.3 is 0 Å². The Hall–Kier alpha value is -2.32. The molecule has 0 saturated heterocycles. The number of anilines is 1. The van der Waals surface area contributed by atoms with Crippen molar-refractivity contribution in [3.8, 4) is 5.75 Å². The molecule has 0 atom stereocenters. The molecule has 2 aromatic carbocycles. The molecule has 2 rings (SSSR count). The summed E-state index contributed by atoms with van der Waals surface area (Å²) >= 11 is 5.98. The maximum Gasteiger partial charge on any atom is 0.273 e. The van der Waals surface area contributed by atoms with Crippen LogP contribution >= 0.6 is 11.6 Å². The first kappa shape index (κ1) is 17.0. The van der Waals surface area contributed by atoms with Gasteiger partial charge in [0.25, 0.3) is 15.7 Å². The van der Waals surface area contributed by atoms with Gasteiger partial charge in [0, 0.05) is 17.7 Å². The van der Waals surface area contributed by atoms with Crippen molar-refractivity contribution < 1.29 is 18.1 Å². The van der Waals surface area contributed by atoms with Crippen LogP contribution in [0.15, 0.2) is 41.3 Å². The third-order valence-electron chi connectivity index (χ3n) is 3.16. The maximum atomic E-state index is 12.5. The second-order valence-electron chi connectivity index (χ2n) is 4.61. The van der Waals surface area contributed by atoms with Crippen molar-refractivity contribution in [2.24, 2.45) is 0 Å². The van der Waals surface area contributed by atoms with E-state index < -0.39 is 14.9 Å². The van der Waals surface area contributed by atoms with Gasteiger partial charge in [-0.15, -0.1) is 0 Å². The first-order chi connectivity index (χ1) is 10.8. The standard InChI is InChI=1S/C14H13ClN2O5S/c1-9-13(17(18)19)4-3-5-14(9)23(20,21)16-12-8-10(22-2)6-7-11(12)15/h3-8,16H,1-2H3. The largest absolute Gasteiger partial charge is 0.497 e. The monoisotopic (exact) mass is 356 g/mol. The second-order valence-corrected chi connectivity index (χ2v) is 6.67. The number of rotatable bonds is 5. The summed E-state index contributed by atoms with van der Waals surface area (Å²) in [5, 5.41) is 11.1. The summed E-state index contributed by atoms with van der Waals surface area (Å²) in [6.07, 6.45) is 0. The molecule has 122 valence electrons. The molecule has 0 amide bonds. The predicted molar refractivity (Wildman–Crippen MR) is 86.6 cm³/mol. The normalized spacial score (nSPS) is 11.1. The van der Waals surface area contributed by atoms with Crippen molar-refractivity contribution in [3.63, 3.8) is 0 Å². The molecule has 0 aromatic heterocycles. The summed E-state index contributed by atoms with van der Waals surface area (Å²) in [6, 6.07) is 8.34. The molecule has 0 heterocycles. The fourth-order valence-corrected chi connectivity index (χ4v) is 3.56. The van der Waals surface area contributed by atoms with Gasteiger partial charge in [0.1, 0.15) is 5.75 Å². The fraction of sp³-hybridized carbons (Fsp3) is 0.143. The van der Waals surface area contributed by atoms with E-state index in [1.807, 2.05) is 0 Å².